The number of fused-ring (bicyclic) bond motifs is 1. The Bertz CT molecular complexity index is 1150. The number of aromatic nitrogens is 1. The van der Waals surface area contributed by atoms with E-state index < -0.39 is 11.4 Å². The second-order valence-electron chi connectivity index (χ2n) is 6.62. The van der Waals surface area contributed by atoms with Crippen molar-refractivity contribution in [1.82, 2.24) is 9.47 Å². The summed E-state index contributed by atoms with van der Waals surface area (Å²) in [6.07, 6.45) is 1.45. The van der Waals surface area contributed by atoms with Crippen molar-refractivity contribution >= 4 is 22.5 Å². The third-order valence-electron chi connectivity index (χ3n) is 5.06. The van der Waals surface area contributed by atoms with Crippen LogP contribution in [0, 0.1) is 17.1 Å². The molecule has 0 radical (unpaired) electrons. The fourth-order valence-corrected chi connectivity index (χ4v) is 3.62. The predicted molar refractivity (Wildman–Crippen MR) is 101 cm³/mol. The molecule has 0 spiro atoms. The number of benzene rings is 1. The first-order chi connectivity index (χ1) is 13.5. The number of nitriles is 1. The van der Waals surface area contributed by atoms with E-state index in [1.807, 2.05) is 11.0 Å². The third kappa shape index (κ3) is 2.81. The van der Waals surface area contributed by atoms with Crippen LogP contribution in [0.15, 0.2) is 45.8 Å². The lowest BCUT2D eigenvalue weighted by atomic mass is 10.1. The van der Waals surface area contributed by atoms with Crippen LogP contribution in [0.1, 0.15) is 16.1 Å². The minimum Gasteiger partial charge on any atom is -0.459 e. The number of hydrogen-bond donors (Lipinski definition) is 0. The topological polar surface area (TPSA) is 82.5 Å². The Morgan fingerprint density at radius 1 is 1.21 bits per heavy atom. The van der Waals surface area contributed by atoms with Gasteiger partial charge in [0.1, 0.15) is 17.4 Å². The van der Waals surface area contributed by atoms with Gasteiger partial charge in [-0.05, 0) is 30.3 Å². The minimum absolute atomic E-state index is 0.0218. The van der Waals surface area contributed by atoms with Gasteiger partial charge in [0.2, 0.25) is 0 Å². The Balaban J connectivity index is 1.71. The number of carbonyl (C=O) groups is 1. The fourth-order valence-electron chi connectivity index (χ4n) is 3.62. The van der Waals surface area contributed by atoms with Gasteiger partial charge in [0.15, 0.2) is 5.76 Å². The van der Waals surface area contributed by atoms with Crippen LogP contribution in [0.25, 0.3) is 10.9 Å². The van der Waals surface area contributed by atoms with Crippen molar-refractivity contribution in [3.8, 4) is 6.07 Å². The Kier molecular flexibility index (Phi) is 4.35. The number of rotatable bonds is 2. The molecule has 2 aromatic heterocycles. The number of pyridine rings is 1. The van der Waals surface area contributed by atoms with E-state index >= 15 is 0 Å². The molecule has 0 aliphatic carbocycles. The molecule has 0 unspecified atom stereocenters. The summed E-state index contributed by atoms with van der Waals surface area (Å²) in [4.78, 5) is 28.6. The molecule has 1 aliphatic heterocycles. The lowest BCUT2D eigenvalue weighted by Crippen LogP contribution is -2.49. The minimum atomic E-state index is -0.442. The summed E-state index contributed by atoms with van der Waals surface area (Å²) >= 11 is 0. The van der Waals surface area contributed by atoms with E-state index in [1.165, 1.54) is 29.0 Å². The summed E-state index contributed by atoms with van der Waals surface area (Å²) < 4.78 is 20.4. The van der Waals surface area contributed by atoms with E-state index in [-0.39, 0.29) is 17.2 Å². The summed E-state index contributed by atoms with van der Waals surface area (Å²) in [5.74, 6) is -0.375. The normalized spacial score (nSPS) is 14.3. The molecule has 1 amide bonds. The molecular formula is C20H17FN4O3. The van der Waals surface area contributed by atoms with Gasteiger partial charge in [-0.1, -0.05) is 0 Å². The van der Waals surface area contributed by atoms with Gasteiger partial charge >= 0.3 is 0 Å². The van der Waals surface area contributed by atoms with Crippen LogP contribution >= 0.6 is 0 Å². The first-order valence-electron chi connectivity index (χ1n) is 8.81. The maximum atomic E-state index is 13.9. The average Bonchev–Trinajstić information content (AvgIpc) is 3.25. The van der Waals surface area contributed by atoms with Crippen LogP contribution in [0.2, 0.25) is 0 Å². The molecule has 142 valence electrons. The number of piperazine rings is 1. The summed E-state index contributed by atoms with van der Waals surface area (Å²) in [5.41, 5.74) is 0.525. The smallest absolute Gasteiger partial charge is 0.289 e. The van der Waals surface area contributed by atoms with Gasteiger partial charge in [-0.15, -0.1) is 0 Å². The molecule has 1 aromatic carbocycles. The third-order valence-corrected chi connectivity index (χ3v) is 5.06. The highest BCUT2D eigenvalue weighted by Crippen LogP contribution is 2.30. The van der Waals surface area contributed by atoms with Crippen molar-refractivity contribution in [1.29, 1.82) is 5.26 Å². The van der Waals surface area contributed by atoms with Gasteiger partial charge in [-0.2, -0.15) is 5.26 Å². The van der Waals surface area contributed by atoms with Gasteiger partial charge in [0.25, 0.3) is 11.5 Å². The molecule has 0 atom stereocenters. The van der Waals surface area contributed by atoms with Gasteiger partial charge in [-0.25, -0.2) is 4.39 Å². The van der Waals surface area contributed by atoms with Gasteiger partial charge < -0.3 is 18.8 Å². The van der Waals surface area contributed by atoms with Crippen molar-refractivity contribution in [3.05, 3.63) is 64.1 Å². The van der Waals surface area contributed by atoms with Gasteiger partial charge in [-0.3, -0.25) is 9.59 Å². The van der Waals surface area contributed by atoms with E-state index in [0.29, 0.717) is 42.8 Å². The van der Waals surface area contributed by atoms with Crippen LogP contribution in [0.3, 0.4) is 0 Å². The number of anilines is 1. The second kappa shape index (κ2) is 6.85. The first-order valence-corrected chi connectivity index (χ1v) is 8.81. The molecule has 3 heterocycles. The molecule has 28 heavy (non-hydrogen) atoms. The summed E-state index contributed by atoms with van der Waals surface area (Å²) in [5, 5.41) is 10.1. The summed E-state index contributed by atoms with van der Waals surface area (Å²) in [7, 11) is 1.56. The van der Waals surface area contributed by atoms with Crippen molar-refractivity contribution in [2.45, 2.75) is 0 Å². The number of furan rings is 1. The molecule has 7 nitrogen and oxygen atoms in total. The van der Waals surface area contributed by atoms with Crippen molar-refractivity contribution in [2.24, 2.45) is 7.05 Å². The quantitative estimate of drug-likeness (QED) is 0.680. The molecule has 1 fully saturated rings. The van der Waals surface area contributed by atoms with E-state index in [2.05, 4.69) is 0 Å². The lowest BCUT2D eigenvalue weighted by molar-refractivity contribution is 0.0715. The molecule has 0 N–H and O–H groups in total. The molecule has 1 saturated heterocycles. The predicted octanol–water partition coefficient (Wildman–Crippen LogP) is 2.10. The van der Waals surface area contributed by atoms with E-state index in [0.717, 1.165) is 0 Å². The van der Waals surface area contributed by atoms with Crippen LogP contribution < -0.4 is 10.5 Å². The Morgan fingerprint density at radius 3 is 2.61 bits per heavy atom. The van der Waals surface area contributed by atoms with Crippen LogP contribution in [-0.2, 0) is 7.05 Å². The van der Waals surface area contributed by atoms with Crippen molar-refractivity contribution in [2.75, 3.05) is 31.1 Å². The number of nitrogens with zero attached hydrogens (tertiary/aromatic N) is 4. The van der Waals surface area contributed by atoms with Crippen LogP contribution in [0.4, 0.5) is 10.1 Å². The van der Waals surface area contributed by atoms with E-state index in [4.69, 9.17) is 4.42 Å². The highest BCUT2D eigenvalue weighted by atomic mass is 19.1. The Morgan fingerprint density at radius 2 is 1.96 bits per heavy atom. The zero-order valence-electron chi connectivity index (χ0n) is 15.2. The maximum absolute atomic E-state index is 13.9. The lowest BCUT2D eigenvalue weighted by Gasteiger charge is -2.36. The molecule has 3 aromatic rings. The van der Waals surface area contributed by atoms with Gasteiger partial charge in [0.05, 0.1) is 17.5 Å². The highest BCUT2D eigenvalue weighted by Gasteiger charge is 2.27. The SMILES string of the molecule is Cn1c(=O)c(C#N)c(N2CCN(C(=O)c3ccco3)CC2)c2cc(F)ccc21. The molecular weight excluding hydrogens is 363 g/mol. The Hall–Kier alpha value is -3.60. The van der Waals surface area contributed by atoms with E-state index in [1.54, 1.807) is 24.1 Å². The molecule has 0 bridgehead atoms. The second-order valence-corrected chi connectivity index (χ2v) is 6.62. The monoisotopic (exact) mass is 380 g/mol. The number of halogens is 1. The summed E-state index contributed by atoms with van der Waals surface area (Å²) in [6, 6.07) is 9.41. The maximum Gasteiger partial charge on any atom is 0.289 e. The fraction of sp³-hybridized carbons (Fsp3) is 0.250. The van der Waals surface area contributed by atoms with Crippen molar-refractivity contribution in [3.63, 3.8) is 0 Å². The Labute approximate surface area is 159 Å². The zero-order valence-corrected chi connectivity index (χ0v) is 15.2. The molecule has 0 saturated carbocycles. The average molecular weight is 380 g/mol. The number of carbonyl (C=O) groups excluding carboxylic acids is 1. The van der Waals surface area contributed by atoms with E-state index in [9.17, 15) is 19.2 Å². The molecule has 8 heteroatoms. The van der Waals surface area contributed by atoms with Gasteiger partial charge in [0, 0.05) is 38.6 Å². The summed E-state index contributed by atoms with van der Waals surface area (Å²) in [6.45, 7) is 1.63. The first kappa shape index (κ1) is 17.8. The van der Waals surface area contributed by atoms with Crippen LogP contribution in [0.5, 0.6) is 0 Å². The molecule has 4 rings (SSSR count). The van der Waals surface area contributed by atoms with Crippen LogP contribution in [-0.4, -0.2) is 41.6 Å². The van der Waals surface area contributed by atoms with Crippen molar-refractivity contribution < 1.29 is 13.6 Å². The standard InChI is InChI=1S/C20H17FN4O3/c1-23-16-5-4-13(21)11-14(16)18(15(12-22)19(23)26)24-6-8-25(9-7-24)20(27)17-3-2-10-28-17/h2-5,10-11H,6-9H2,1H3. The molecule has 1 aliphatic rings. The number of hydrogen-bond acceptors (Lipinski definition) is 5. The highest BCUT2D eigenvalue weighted by molar-refractivity contribution is 5.95. The number of amides is 1. The largest absolute Gasteiger partial charge is 0.459 e. The zero-order chi connectivity index (χ0) is 19.8. The number of aryl methyl sites for hydroxylation is 1.